The van der Waals surface area contributed by atoms with Crippen molar-refractivity contribution in [3.63, 3.8) is 0 Å². The van der Waals surface area contributed by atoms with Crippen molar-refractivity contribution < 1.29 is 34.1 Å². The van der Waals surface area contributed by atoms with Crippen LogP contribution in [0, 0.1) is 23.7 Å². The highest BCUT2D eigenvalue weighted by Gasteiger charge is 2.65. The number of aliphatic hydroxyl groups is 2. The first-order chi connectivity index (χ1) is 28.4. The molecule has 4 aliphatic rings. The van der Waals surface area contributed by atoms with Gasteiger partial charge in [-0.25, -0.2) is 0 Å². The number of unbranched alkanes of at least 4 members (excludes halogenated alkanes) is 2. The maximum absolute atomic E-state index is 14.3. The van der Waals surface area contributed by atoms with Crippen molar-refractivity contribution in [2.75, 3.05) is 34.0 Å². The number of oxime groups is 1. The SMILES string of the molecule is C=CCOC12Oc3ccc(Oc4ccc(-c5ccccc5)cc4)cc3C3C(CCCCO)C(CCCCO)C=C(C(=NOC)CC1N(C)C(=O)CCC1CCCC1)C32. The second kappa shape index (κ2) is 19.5. The van der Waals surface area contributed by atoms with Gasteiger partial charge in [0.1, 0.15) is 30.4 Å². The molecule has 7 rings (SSSR count). The van der Waals surface area contributed by atoms with Crippen LogP contribution in [0.4, 0.5) is 0 Å². The smallest absolute Gasteiger partial charge is 0.239 e. The molecule has 2 fully saturated rings. The van der Waals surface area contributed by atoms with Gasteiger partial charge in [-0.1, -0.05) is 98.3 Å². The zero-order valence-corrected chi connectivity index (χ0v) is 34.4. The minimum atomic E-state index is -1.25. The minimum absolute atomic E-state index is 0.0767. The molecule has 0 saturated heterocycles. The molecule has 0 spiro atoms. The fraction of sp³-hybridized carbons (Fsp3) is 0.510. The summed E-state index contributed by atoms with van der Waals surface area (Å²) in [6.45, 7) is 4.54. The molecule has 58 heavy (non-hydrogen) atoms. The average molecular weight is 791 g/mol. The Balaban J connectivity index is 1.33. The van der Waals surface area contributed by atoms with Gasteiger partial charge in [-0.05, 0) is 96.9 Å². The number of carbonyl (C=O) groups excluding carboxylic acids is 1. The van der Waals surface area contributed by atoms with E-state index < -0.39 is 11.8 Å². The van der Waals surface area contributed by atoms with Gasteiger partial charge < -0.3 is 34.2 Å². The molecule has 9 heteroatoms. The Morgan fingerprint density at radius 3 is 2.34 bits per heavy atom. The number of likely N-dealkylation sites (N-methyl/N-ethyl adjacent to an activating group) is 1. The van der Waals surface area contributed by atoms with Crippen LogP contribution in [-0.2, 0) is 14.4 Å². The summed E-state index contributed by atoms with van der Waals surface area (Å²) in [5.41, 5.74) is 5.12. The molecule has 1 heterocycles. The predicted molar refractivity (Wildman–Crippen MR) is 228 cm³/mol. The second-order valence-electron chi connectivity index (χ2n) is 16.6. The predicted octanol–water partition coefficient (Wildman–Crippen LogP) is 9.84. The van der Waals surface area contributed by atoms with Crippen molar-refractivity contribution in [2.24, 2.45) is 28.8 Å². The van der Waals surface area contributed by atoms with Gasteiger partial charge in [-0.2, -0.15) is 0 Å². The van der Waals surface area contributed by atoms with Crippen LogP contribution in [0.2, 0.25) is 0 Å². The van der Waals surface area contributed by atoms with E-state index in [1.54, 1.807) is 13.2 Å². The van der Waals surface area contributed by atoms with Crippen molar-refractivity contribution in [2.45, 2.75) is 101 Å². The molecule has 3 aromatic carbocycles. The molecule has 2 N–H and O–H groups in total. The third kappa shape index (κ3) is 8.92. The number of ether oxygens (including phenoxy) is 3. The maximum Gasteiger partial charge on any atom is 0.239 e. The van der Waals surface area contributed by atoms with E-state index in [1.807, 2.05) is 54.4 Å². The van der Waals surface area contributed by atoms with Crippen molar-refractivity contribution >= 4 is 11.6 Å². The molecule has 1 amide bonds. The highest BCUT2D eigenvalue weighted by atomic mass is 16.7. The normalized spacial score (nSPS) is 25.6. The third-order valence-electron chi connectivity index (χ3n) is 13.1. The van der Waals surface area contributed by atoms with Gasteiger partial charge in [0.15, 0.2) is 0 Å². The Kier molecular flexibility index (Phi) is 14.1. The summed E-state index contributed by atoms with van der Waals surface area (Å²) in [5, 5.41) is 24.4. The number of allylic oxidation sites excluding steroid dienone is 1. The van der Waals surface area contributed by atoms with E-state index in [0.717, 1.165) is 72.2 Å². The fourth-order valence-electron chi connectivity index (χ4n) is 10.4. The summed E-state index contributed by atoms with van der Waals surface area (Å²) in [5.74, 6) is 1.41. The van der Waals surface area contributed by atoms with Gasteiger partial charge in [0.2, 0.25) is 11.7 Å². The number of nitrogens with zero attached hydrogens (tertiary/aromatic N) is 2. The molecule has 6 atom stereocenters. The fourth-order valence-corrected chi connectivity index (χ4v) is 10.4. The van der Waals surface area contributed by atoms with E-state index in [9.17, 15) is 15.0 Å². The molecule has 310 valence electrons. The third-order valence-corrected chi connectivity index (χ3v) is 13.1. The van der Waals surface area contributed by atoms with Crippen LogP contribution in [0.1, 0.15) is 95.0 Å². The highest BCUT2D eigenvalue weighted by molar-refractivity contribution is 6.03. The van der Waals surface area contributed by atoms with Crippen LogP contribution >= 0.6 is 0 Å². The van der Waals surface area contributed by atoms with E-state index in [4.69, 9.17) is 19.0 Å². The van der Waals surface area contributed by atoms with E-state index in [-0.39, 0.29) is 49.4 Å². The van der Waals surface area contributed by atoms with Crippen LogP contribution < -0.4 is 9.47 Å². The Labute approximate surface area is 344 Å². The molecule has 3 aromatic rings. The number of aliphatic hydroxyl groups excluding tert-OH is 2. The van der Waals surface area contributed by atoms with E-state index in [0.29, 0.717) is 36.7 Å². The molecule has 3 aliphatic carbocycles. The minimum Gasteiger partial charge on any atom is -0.459 e. The summed E-state index contributed by atoms with van der Waals surface area (Å²) in [7, 11) is 3.47. The standard InChI is InChI=1S/C49H62N2O7/c1-4-30-56-49-45(51(2)46(54)27-20-34-14-8-9-15-34)33-43(50-55-3)41-31-37(18-10-12-28-52)40(19-11-13-29-53)47(48(41)49)42-32-39(25-26-44(42)58-49)57-38-23-21-36(22-24-38)35-16-6-5-7-17-35/h4-7,16-17,21-26,31-32,34,37,40,45,47-48,52-53H,1,8-15,18-20,27-30,33H2,2-3H3. The number of hydrogen-bond donors (Lipinski definition) is 2. The quantitative estimate of drug-likeness (QED) is 0.0707. The zero-order valence-electron chi connectivity index (χ0n) is 34.4. The second-order valence-corrected chi connectivity index (χ2v) is 16.6. The van der Waals surface area contributed by atoms with Crippen LogP contribution in [0.25, 0.3) is 11.1 Å². The first-order valence-corrected chi connectivity index (χ1v) is 21.6. The van der Waals surface area contributed by atoms with Crippen molar-refractivity contribution in [3.05, 3.63) is 103 Å². The van der Waals surface area contributed by atoms with Crippen molar-refractivity contribution in [3.8, 4) is 28.4 Å². The number of carbonyl (C=O) groups is 1. The van der Waals surface area contributed by atoms with Gasteiger partial charge in [0.05, 0.1) is 18.2 Å². The monoisotopic (exact) mass is 790 g/mol. The van der Waals surface area contributed by atoms with Crippen molar-refractivity contribution in [1.29, 1.82) is 0 Å². The summed E-state index contributed by atoms with van der Waals surface area (Å²) in [6, 6.07) is 24.0. The Hall–Kier alpha value is -4.44. The molecule has 0 radical (unpaired) electrons. The Morgan fingerprint density at radius 2 is 1.64 bits per heavy atom. The van der Waals surface area contributed by atoms with Gasteiger partial charge in [0.25, 0.3) is 0 Å². The summed E-state index contributed by atoms with van der Waals surface area (Å²) < 4.78 is 20.9. The molecule has 1 aliphatic heterocycles. The average Bonchev–Trinajstić information content (AvgIpc) is 3.78. The number of benzene rings is 3. The van der Waals surface area contributed by atoms with Gasteiger partial charge in [-0.15, -0.1) is 6.58 Å². The molecular weight excluding hydrogens is 729 g/mol. The van der Waals surface area contributed by atoms with Gasteiger partial charge >= 0.3 is 0 Å². The summed E-state index contributed by atoms with van der Waals surface area (Å²) in [4.78, 5) is 21.7. The number of amides is 1. The zero-order chi connectivity index (χ0) is 40.5. The molecule has 0 bridgehead atoms. The largest absolute Gasteiger partial charge is 0.459 e. The van der Waals surface area contributed by atoms with Gasteiger partial charge in [0, 0.05) is 44.6 Å². The number of hydrogen-bond acceptors (Lipinski definition) is 8. The lowest BCUT2D eigenvalue weighted by atomic mass is 9.55. The molecule has 9 nitrogen and oxygen atoms in total. The molecule has 0 aromatic heterocycles. The first-order valence-electron chi connectivity index (χ1n) is 21.6. The molecular formula is C49H62N2O7. The van der Waals surface area contributed by atoms with E-state index >= 15 is 0 Å². The van der Waals surface area contributed by atoms with E-state index in [1.165, 1.54) is 25.7 Å². The lowest BCUT2D eigenvalue weighted by Gasteiger charge is -2.59. The van der Waals surface area contributed by atoms with Crippen LogP contribution in [0.5, 0.6) is 17.2 Å². The Bertz CT molecular complexity index is 1890. The van der Waals surface area contributed by atoms with Gasteiger partial charge in [-0.3, -0.25) is 4.79 Å². The lowest BCUT2D eigenvalue weighted by Crippen LogP contribution is -2.69. The number of rotatable bonds is 19. The first kappa shape index (κ1) is 41.7. The van der Waals surface area contributed by atoms with E-state index in [2.05, 4.69) is 48.1 Å². The highest BCUT2D eigenvalue weighted by Crippen LogP contribution is 2.62. The lowest BCUT2D eigenvalue weighted by molar-refractivity contribution is -0.255. The Morgan fingerprint density at radius 1 is 0.931 bits per heavy atom. The topological polar surface area (TPSA) is 110 Å². The summed E-state index contributed by atoms with van der Waals surface area (Å²) in [6.07, 6.45) is 15.7. The van der Waals surface area contributed by atoms with Crippen LogP contribution in [0.15, 0.2) is 102 Å². The van der Waals surface area contributed by atoms with Crippen molar-refractivity contribution in [1.82, 2.24) is 4.90 Å². The van der Waals surface area contributed by atoms with Crippen LogP contribution in [0.3, 0.4) is 0 Å². The number of fused-ring (bicyclic) bond motifs is 2. The maximum atomic E-state index is 14.3. The van der Waals surface area contributed by atoms with Crippen LogP contribution in [-0.4, -0.2) is 72.5 Å². The molecule has 2 saturated carbocycles. The molecule has 6 unspecified atom stereocenters. The summed E-state index contributed by atoms with van der Waals surface area (Å²) >= 11 is 0.